The van der Waals surface area contributed by atoms with Crippen LogP contribution in [0, 0.1) is 20.8 Å². The molecule has 0 atom stereocenters. The van der Waals surface area contributed by atoms with Crippen LogP contribution in [0.2, 0.25) is 0 Å². The molecule has 0 aliphatic rings. The van der Waals surface area contributed by atoms with Gasteiger partial charge in [-0.25, -0.2) is 0 Å². The summed E-state index contributed by atoms with van der Waals surface area (Å²) >= 11 is 3.37. The van der Waals surface area contributed by atoms with E-state index in [1.165, 1.54) is 5.56 Å². The van der Waals surface area contributed by atoms with Crippen LogP contribution in [-0.2, 0) is 0 Å². The molecule has 2 aromatic rings. The second-order valence-corrected chi connectivity index (χ2v) is 5.99. The number of carbonyl (C=O) groups is 1. The van der Waals surface area contributed by atoms with Crippen LogP contribution in [-0.4, -0.2) is 13.0 Å². The molecule has 0 aliphatic heterocycles. The predicted octanol–water partition coefficient (Wildman–Crippen LogP) is 4.64. The van der Waals surface area contributed by atoms with Crippen LogP contribution in [0.3, 0.4) is 0 Å². The van der Waals surface area contributed by atoms with Gasteiger partial charge in [-0.15, -0.1) is 0 Å². The van der Waals surface area contributed by atoms with E-state index >= 15 is 0 Å². The van der Waals surface area contributed by atoms with Gasteiger partial charge in [0.15, 0.2) is 0 Å². The molecule has 0 aliphatic carbocycles. The normalized spacial score (nSPS) is 10.3. The molecule has 1 amide bonds. The van der Waals surface area contributed by atoms with E-state index in [9.17, 15) is 4.79 Å². The van der Waals surface area contributed by atoms with E-state index in [0.717, 1.165) is 21.3 Å². The van der Waals surface area contributed by atoms with E-state index in [4.69, 9.17) is 4.74 Å². The van der Waals surface area contributed by atoms with Crippen LogP contribution in [0.25, 0.3) is 0 Å². The molecule has 1 N–H and O–H groups in total. The summed E-state index contributed by atoms with van der Waals surface area (Å²) in [5.74, 6) is 0.374. The second-order valence-electron chi connectivity index (χ2n) is 5.07. The predicted molar refractivity (Wildman–Crippen MR) is 89.3 cm³/mol. The maximum Gasteiger partial charge on any atom is 0.259 e. The maximum absolute atomic E-state index is 12.5. The molecule has 2 aromatic carbocycles. The minimum Gasteiger partial charge on any atom is -0.496 e. The molecule has 0 unspecified atom stereocenters. The third kappa shape index (κ3) is 3.45. The van der Waals surface area contributed by atoms with Crippen molar-refractivity contribution in [3.63, 3.8) is 0 Å². The van der Waals surface area contributed by atoms with Crippen molar-refractivity contribution < 1.29 is 9.53 Å². The van der Waals surface area contributed by atoms with E-state index < -0.39 is 0 Å². The average molecular weight is 348 g/mol. The number of amides is 1. The number of anilines is 1. The van der Waals surface area contributed by atoms with E-state index in [2.05, 4.69) is 33.4 Å². The fourth-order valence-corrected chi connectivity index (χ4v) is 2.75. The lowest BCUT2D eigenvalue weighted by Gasteiger charge is -2.14. The van der Waals surface area contributed by atoms with E-state index in [1.807, 2.05) is 26.8 Å². The van der Waals surface area contributed by atoms with Crippen molar-refractivity contribution in [3.05, 3.63) is 57.1 Å². The van der Waals surface area contributed by atoms with Gasteiger partial charge in [0.25, 0.3) is 5.91 Å². The van der Waals surface area contributed by atoms with Crippen LogP contribution in [0.4, 0.5) is 5.69 Å². The lowest BCUT2D eigenvalue weighted by Crippen LogP contribution is -2.15. The molecular formula is C17H18BrNO2. The van der Waals surface area contributed by atoms with Gasteiger partial charge < -0.3 is 10.1 Å². The molecule has 21 heavy (non-hydrogen) atoms. The van der Waals surface area contributed by atoms with E-state index in [-0.39, 0.29) is 5.91 Å². The van der Waals surface area contributed by atoms with E-state index in [0.29, 0.717) is 11.3 Å². The molecule has 0 saturated heterocycles. The van der Waals surface area contributed by atoms with Crippen molar-refractivity contribution in [2.75, 3.05) is 12.4 Å². The summed E-state index contributed by atoms with van der Waals surface area (Å²) < 4.78 is 6.15. The first-order chi connectivity index (χ1) is 9.92. The lowest BCUT2D eigenvalue weighted by molar-refractivity contribution is 0.102. The number of benzene rings is 2. The molecule has 0 spiro atoms. The Bertz CT molecular complexity index is 672. The molecule has 2 rings (SSSR count). The molecule has 0 aromatic heterocycles. The molecular weight excluding hydrogens is 330 g/mol. The number of methoxy groups -OCH3 is 1. The monoisotopic (exact) mass is 347 g/mol. The van der Waals surface area contributed by atoms with E-state index in [1.54, 1.807) is 19.2 Å². The molecule has 4 heteroatoms. The standard InChI is InChI=1S/C17H18BrNO2/c1-10-7-11(2)16(12(3)8-10)19-17(20)14-6-5-13(18)9-15(14)21-4/h5-9H,1-4H3,(H,19,20). The minimum atomic E-state index is -0.172. The highest BCUT2D eigenvalue weighted by atomic mass is 79.9. The quantitative estimate of drug-likeness (QED) is 0.878. The molecule has 0 bridgehead atoms. The first kappa shape index (κ1) is 15.6. The number of nitrogens with one attached hydrogen (secondary N) is 1. The fraction of sp³-hybridized carbons (Fsp3) is 0.235. The molecule has 3 nitrogen and oxygen atoms in total. The Morgan fingerprint density at radius 2 is 1.71 bits per heavy atom. The Balaban J connectivity index is 2.35. The zero-order valence-corrected chi connectivity index (χ0v) is 14.2. The van der Waals surface area contributed by atoms with Crippen LogP contribution in [0.1, 0.15) is 27.0 Å². The van der Waals surface area contributed by atoms with Gasteiger partial charge in [0.1, 0.15) is 5.75 Å². The first-order valence-electron chi connectivity index (χ1n) is 6.65. The zero-order valence-electron chi connectivity index (χ0n) is 12.6. The SMILES string of the molecule is COc1cc(Br)ccc1C(=O)Nc1c(C)cc(C)cc1C. The number of hydrogen-bond donors (Lipinski definition) is 1. The van der Waals surface area contributed by atoms with Gasteiger partial charge in [0, 0.05) is 10.2 Å². The third-order valence-corrected chi connectivity index (χ3v) is 3.82. The number of carbonyl (C=O) groups excluding carboxylic acids is 1. The molecule has 0 heterocycles. The highest BCUT2D eigenvalue weighted by molar-refractivity contribution is 9.10. The summed E-state index contributed by atoms with van der Waals surface area (Å²) in [5.41, 5.74) is 4.66. The fourth-order valence-electron chi connectivity index (χ4n) is 2.41. The van der Waals surface area contributed by atoms with Gasteiger partial charge >= 0.3 is 0 Å². The van der Waals surface area contributed by atoms with Gasteiger partial charge in [0.05, 0.1) is 12.7 Å². The lowest BCUT2D eigenvalue weighted by atomic mass is 10.0. The highest BCUT2D eigenvalue weighted by Gasteiger charge is 2.15. The Labute approximate surface area is 133 Å². The number of aryl methyl sites for hydroxylation is 3. The summed E-state index contributed by atoms with van der Waals surface area (Å²) in [7, 11) is 1.56. The minimum absolute atomic E-state index is 0.172. The first-order valence-corrected chi connectivity index (χ1v) is 7.44. The molecule has 0 radical (unpaired) electrons. The van der Waals surface area contributed by atoms with Crippen molar-refractivity contribution >= 4 is 27.5 Å². The Kier molecular flexibility index (Phi) is 4.68. The summed E-state index contributed by atoms with van der Waals surface area (Å²) in [5, 5.41) is 2.98. The zero-order chi connectivity index (χ0) is 15.6. The van der Waals surface area contributed by atoms with Crippen molar-refractivity contribution in [2.45, 2.75) is 20.8 Å². The Hall–Kier alpha value is -1.81. The average Bonchev–Trinajstić information content (AvgIpc) is 2.42. The molecule has 0 fully saturated rings. The van der Waals surface area contributed by atoms with Crippen LogP contribution < -0.4 is 10.1 Å². The van der Waals surface area contributed by atoms with Gasteiger partial charge in [-0.2, -0.15) is 0 Å². The summed E-state index contributed by atoms with van der Waals surface area (Å²) in [6, 6.07) is 9.47. The van der Waals surface area contributed by atoms with Gasteiger partial charge in [-0.1, -0.05) is 33.6 Å². The van der Waals surface area contributed by atoms with Crippen LogP contribution >= 0.6 is 15.9 Å². The van der Waals surface area contributed by atoms with Crippen molar-refractivity contribution in [1.82, 2.24) is 0 Å². The number of rotatable bonds is 3. The number of ether oxygens (including phenoxy) is 1. The summed E-state index contributed by atoms with van der Waals surface area (Å²) in [4.78, 5) is 12.5. The maximum atomic E-state index is 12.5. The third-order valence-electron chi connectivity index (χ3n) is 3.32. The van der Waals surface area contributed by atoms with Gasteiger partial charge in [0.2, 0.25) is 0 Å². The van der Waals surface area contributed by atoms with Gasteiger partial charge in [-0.05, 0) is 50.1 Å². The number of halogens is 1. The smallest absolute Gasteiger partial charge is 0.259 e. The molecule has 0 saturated carbocycles. The molecule has 110 valence electrons. The Morgan fingerprint density at radius 3 is 2.29 bits per heavy atom. The topological polar surface area (TPSA) is 38.3 Å². The van der Waals surface area contributed by atoms with Crippen molar-refractivity contribution in [3.8, 4) is 5.75 Å². The number of hydrogen-bond acceptors (Lipinski definition) is 2. The Morgan fingerprint density at radius 1 is 1.10 bits per heavy atom. The highest BCUT2D eigenvalue weighted by Crippen LogP contribution is 2.27. The van der Waals surface area contributed by atoms with Crippen LogP contribution in [0.5, 0.6) is 5.75 Å². The second kappa shape index (κ2) is 6.31. The van der Waals surface area contributed by atoms with Crippen LogP contribution in [0.15, 0.2) is 34.8 Å². The van der Waals surface area contributed by atoms with Crippen molar-refractivity contribution in [2.24, 2.45) is 0 Å². The largest absolute Gasteiger partial charge is 0.496 e. The van der Waals surface area contributed by atoms with Crippen molar-refractivity contribution in [1.29, 1.82) is 0 Å². The summed E-state index contributed by atoms with van der Waals surface area (Å²) in [6.07, 6.45) is 0. The van der Waals surface area contributed by atoms with Gasteiger partial charge in [-0.3, -0.25) is 4.79 Å². The summed E-state index contributed by atoms with van der Waals surface area (Å²) in [6.45, 7) is 6.03.